The van der Waals surface area contributed by atoms with E-state index in [2.05, 4.69) is 26.6 Å². The fraction of sp³-hybridized carbons (Fsp3) is 1.00. The third kappa shape index (κ3) is 2.62. The first kappa shape index (κ1) is 17.5. The van der Waals surface area contributed by atoms with Crippen LogP contribution in [0, 0.1) is 11.3 Å². The number of hydrogen-bond donors (Lipinski definition) is 0. The van der Waals surface area contributed by atoms with E-state index >= 15 is 0 Å². The average molecular weight is 355 g/mol. The first-order valence-electron chi connectivity index (χ1n) is 9.85. The lowest BCUT2D eigenvalue weighted by atomic mass is 9.56. The first-order valence-corrected chi connectivity index (χ1v) is 13.4. The zero-order valence-corrected chi connectivity index (χ0v) is 16.9. The number of fused-ring (bicyclic) bond motifs is 2. The normalized spacial score (nSPS) is 45.5. The minimum absolute atomic E-state index is 0.106. The van der Waals surface area contributed by atoms with E-state index < -0.39 is 8.07 Å². The molecule has 0 unspecified atom stereocenters. The fourth-order valence-electron chi connectivity index (χ4n) is 5.43. The smallest absolute Gasteiger partial charge is 0.174 e. The van der Waals surface area contributed by atoms with Gasteiger partial charge in [0, 0.05) is 30.2 Å². The van der Waals surface area contributed by atoms with Gasteiger partial charge in [-0.2, -0.15) is 0 Å². The topological polar surface area (TPSA) is 36.9 Å². The lowest BCUT2D eigenvalue weighted by Gasteiger charge is -2.59. The molecule has 2 saturated heterocycles. The van der Waals surface area contributed by atoms with Gasteiger partial charge < -0.3 is 18.9 Å². The highest BCUT2D eigenvalue weighted by molar-refractivity contribution is 6.77. The van der Waals surface area contributed by atoms with Gasteiger partial charge in [0.2, 0.25) is 0 Å². The van der Waals surface area contributed by atoms with Gasteiger partial charge in [0.15, 0.2) is 11.6 Å². The van der Waals surface area contributed by atoms with Crippen molar-refractivity contribution in [1.29, 1.82) is 0 Å². The summed E-state index contributed by atoms with van der Waals surface area (Å²) in [6, 6.07) is 0. The van der Waals surface area contributed by atoms with Crippen molar-refractivity contribution in [3.8, 4) is 0 Å². The monoisotopic (exact) mass is 354 g/mol. The molecule has 2 saturated carbocycles. The van der Waals surface area contributed by atoms with Gasteiger partial charge in [-0.05, 0) is 25.2 Å². The molecular weight excluding hydrogens is 320 g/mol. The van der Waals surface area contributed by atoms with Crippen molar-refractivity contribution < 1.29 is 18.9 Å². The summed E-state index contributed by atoms with van der Waals surface area (Å²) in [5.74, 6) is -0.105. The molecule has 5 heteroatoms. The Bertz CT molecular complexity index is 474. The van der Waals surface area contributed by atoms with E-state index in [-0.39, 0.29) is 17.0 Å². The quantitative estimate of drug-likeness (QED) is 0.662. The molecule has 0 aromatic carbocycles. The second-order valence-corrected chi connectivity index (χ2v) is 15.3. The van der Waals surface area contributed by atoms with Gasteiger partial charge in [-0.1, -0.05) is 26.6 Å². The summed E-state index contributed by atoms with van der Waals surface area (Å²) >= 11 is 0. The molecular formula is C19H34O4Si. The molecule has 4 fully saturated rings. The molecule has 2 atom stereocenters. The standard InChI is InChI=1S/C19H34O4Si/c1-17-8-9-18(22-13-16(14-23-18)24(2,3)4)12-15(17)6-5-7-19(17)20-10-11-21-19/h15-16H,5-14H2,1-4H3/t15-,16?,17+,18?/m0/s1. The predicted octanol–water partition coefficient (Wildman–Crippen LogP) is 4.17. The summed E-state index contributed by atoms with van der Waals surface area (Å²) in [7, 11) is -1.20. The summed E-state index contributed by atoms with van der Waals surface area (Å²) in [6.07, 6.45) is 6.55. The van der Waals surface area contributed by atoms with Crippen LogP contribution in [-0.2, 0) is 18.9 Å². The molecule has 2 aliphatic carbocycles. The van der Waals surface area contributed by atoms with Gasteiger partial charge >= 0.3 is 0 Å². The van der Waals surface area contributed by atoms with E-state index in [1.165, 1.54) is 12.8 Å². The Labute approximate surface area is 147 Å². The molecule has 0 aromatic heterocycles. The van der Waals surface area contributed by atoms with Crippen LogP contribution in [0.3, 0.4) is 0 Å². The third-order valence-corrected chi connectivity index (χ3v) is 10.3. The van der Waals surface area contributed by atoms with E-state index in [9.17, 15) is 0 Å². The largest absolute Gasteiger partial charge is 0.350 e. The molecule has 0 aromatic rings. The Morgan fingerprint density at radius 2 is 1.54 bits per heavy atom. The van der Waals surface area contributed by atoms with Crippen LogP contribution in [0.4, 0.5) is 0 Å². The van der Waals surface area contributed by atoms with E-state index in [1.54, 1.807) is 0 Å². The molecule has 0 N–H and O–H groups in total. The van der Waals surface area contributed by atoms with Crippen molar-refractivity contribution in [3.63, 3.8) is 0 Å². The maximum atomic E-state index is 6.42. The molecule has 0 amide bonds. The van der Waals surface area contributed by atoms with E-state index in [1.807, 2.05) is 0 Å². The van der Waals surface area contributed by atoms with Gasteiger partial charge in [0.1, 0.15) is 0 Å². The summed E-state index contributed by atoms with van der Waals surface area (Å²) < 4.78 is 25.2. The molecule has 138 valence electrons. The second-order valence-electron chi connectivity index (χ2n) is 9.76. The number of rotatable bonds is 1. The van der Waals surface area contributed by atoms with E-state index in [4.69, 9.17) is 18.9 Å². The van der Waals surface area contributed by atoms with Crippen LogP contribution in [0.2, 0.25) is 25.2 Å². The highest BCUT2D eigenvalue weighted by atomic mass is 28.3. The minimum Gasteiger partial charge on any atom is -0.350 e. The van der Waals surface area contributed by atoms with E-state index in [0.29, 0.717) is 11.5 Å². The summed E-state index contributed by atoms with van der Waals surface area (Å²) in [6.45, 7) is 12.9. The lowest BCUT2D eigenvalue weighted by Crippen LogP contribution is -2.61. The van der Waals surface area contributed by atoms with Crippen molar-refractivity contribution in [2.45, 2.75) is 82.2 Å². The molecule has 4 aliphatic rings. The SMILES string of the molecule is C[C@@]12CCC3(C[C@@H]1CCCC21OCCO1)OCC([Si](C)(C)C)CO3. The van der Waals surface area contributed by atoms with Crippen LogP contribution in [0.1, 0.15) is 45.4 Å². The molecule has 2 spiro atoms. The number of ether oxygens (including phenoxy) is 4. The van der Waals surface area contributed by atoms with Gasteiger partial charge in [-0.3, -0.25) is 0 Å². The Balaban J connectivity index is 1.49. The highest BCUT2D eigenvalue weighted by Gasteiger charge is 2.63. The van der Waals surface area contributed by atoms with Gasteiger partial charge in [-0.25, -0.2) is 0 Å². The fourth-order valence-corrected chi connectivity index (χ4v) is 6.60. The summed E-state index contributed by atoms with van der Waals surface area (Å²) in [4.78, 5) is 0. The third-order valence-electron chi connectivity index (χ3n) is 7.49. The molecule has 0 radical (unpaired) electrons. The predicted molar refractivity (Wildman–Crippen MR) is 95.7 cm³/mol. The molecule has 4 nitrogen and oxygen atoms in total. The van der Waals surface area contributed by atoms with Crippen molar-refractivity contribution in [2.75, 3.05) is 26.4 Å². The Hall–Kier alpha value is 0.0569. The molecule has 4 rings (SSSR count). The zero-order valence-electron chi connectivity index (χ0n) is 15.9. The van der Waals surface area contributed by atoms with Crippen LogP contribution < -0.4 is 0 Å². The van der Waals surface area contributed by atoms with Gasteiger partial charge in [0.25, 0.3) is 0 Å². The molecule has 2 heterocycles. The van der Waals surface area contributed by atoms with E-state index in [0.717, 1.165) is 52.1 Å². The lowest BCUT2D eigenvalue weighted by molar-refractivity contribution is -0.336. The van der Waals surface area contributed by atoms with Crippen molar-refractivity contribution >= 4 is 8.07 Å². The van der Waals surface area contributed by atoms with Crippen molar-refractivity contribution in [3.05, 3.63) is 0 Å². The van der Waals surface area contributed by atoms with Crippen LogP contribution in [0.15, 0.2) is 0 Å². The maximum absolute atomic E-state index is 6.42. The molecule has 2 aliphatic heterocycles. The van der Waals surface area contributed by atoms with Crippen LogP contribution in [0.25, 0.3) is 0 Å². The summed E-state index contributed by atoms with van der Waals surface area (Å²) in [5.41, 5.74) is 0.727. The maximum Gasteiger partial charge on any atom is 0.174 e. The van der Waals surface area contributed by atoms with Crippen molar-refractivity contribution in [1.82, 2.24) is 0 Å². The zero-order chi connectivity index (χ0) is 17.1. The van der Waals surface area contributed by atoms with Gasteiger partial charge in [0.05, 0.1) is 34.5 Å². The number of hydrogen-bond acceptors (Lipinski definition) is 4. The van der Waals surface area contributed by atoms with Crippen molar-refractivity contribution in [2.24, 2.45) is 11.3 Å². The highest BCUT2D eigenvalue weighted by Crippen LogP contribution is 2.61. The Morgan fingerprint density at radius 1 is 0.875 bits per heavy atom. The minimum atomic E-state index is -1.20. The molecule has 24 heavy (non-hydrogen) atoms. The van der Waals surface area contributed by atoms with Crippen LogP contribution >= 0.6 is 0 Å². The Kier molecular flexibility index (Phi) is 4.21. The second kappa shape index (κ2) is 5.78. The molecule has 0 bridgehead atoms. The average Bonchev–Trinajstić information content (AvgIpc) is 3.00. The van der Waals surface area contributed by atoms with Crippen LogP contribution in [0.5, 0.6) is 0 Å². The van der Waals surface area contributed by atoms with Gasteiger partial charge in [-0.15, -0.1) is 0 Å². The Morgan fingerprint density at radius 3 is 2.17 bits per heavy atom. The first-order chi connectivity index (χ1) is 11.3. The summed E-state index contributed by atoms with van der Waals surface area (Å²) in [5, 5.41) is 0. The van der Waals surface area contributed by atoms with Crippen LogP contribution in [-0.4, -0.2) is 46.1 Å².